The first-order valence-electron chi connectivity index (χ1n) is 7.56. The van der Waals surface area contributed by atoms with Crippen LogP contribution in [-0.4, -0.2) is 19.5 Å². The van der Waals surface area contributed by atoms with E-state index in [1.807, 2.05) is 6.92 Å². The first kappa shape index (κ1) is 17.4. The molecule has 5 nitrogen and oxygen atoms in total. The maximum atomic E-state index is 11.5. The molecular weight excluding hydrogens is 306 g/mol. The second-order valence-electron chi connectivity index (χ2n) is 5.08. The molecule has 0 atom stereocenters. The molecule has 24 heavy (non-hydrogen) atoms. The van der Waals surface area contributed by atoms with Crippen LogP contribution in [0.4, 0.5) is 0 Å². The molecule has 5 heteroatoms. The third-order valence-corrected chi connectivity index (χ3v) is 3.44. The highest BCUT2D eigenvalue weighted by atomic mass is 16.5. The summed E-state index contributed by atoms with van der Waals surface area (Å²) >= 11 is 0. The lowest BCUT2D eigenvalue weighted by Gasteiger charge is -2.14. The third kappa shape index (κ3) is 4.05. The minimum Gasteiger partial charge on any atom is -0.496 e. The van der Waals surface area contributed by atoms with Crippen molar-refractivity contribution in [2.75, 3.05) is 13.7 Å². The highest BCUT2D eigenvalue weighted by Crippen LogP contribution is 2.30. The monoisotopic (exact) mass is 325 g/mol. The van der Waals surface area contributed by atoms with Gasteiger partial charge in [-0.1, -0.05) is 0 Å². The maximum absolute atomic E-state index is 11.5. The number of hydrogen-bond donors (Lipinski definition) is 0. The molecule has 0 N–H and O–H groups in total. The highest BCUT2D eigenvalue weighted by Gasteiger charge is 2.11. The quantitative estimate of drug-likeness (QED) is 0.725. The number of nitrogens with zero attached hydrogens (tertiary/aromatic N) is 1. The van der Waals surface area contributed by atoms with Crippen LogP contribution in [0.5, 0.6) is 17.2 Å². The SMILES string of the molecule is CCOc1cc(C#N)ccc1OCc1cc(C(C)=O)ccc1OC. The lowest BCUT2D eigenvalue weighted by atomic mass is 10.1. The van der Waals surface area contributed by atoms with Crippen LogP contribution < -0.4 is 14.2 Å². The van der Waals surface area contributed by atoms with E-state index in [1.165, 1.54) is 6.92 Å². The van der Waals surface area contributed by atoms with Gasteiger partial charge in [0.25, 0.3) is 0 Å². The Morgan fingerprint density at radius 2 is 1.83 bits per heavy atom. The summed E-state index contributed by atoms with van der Waals surface area (Å²) in [5.74, 6) is 1.67. The van der Waals surface area contributed by atoms with Crippen LogP contribution in [0.15, 0.2) is 36.4 Å². The van der Waals surface area contributed by atoms with Crippen LogP contribution in [-0.2, 0) is 6.61 Å². The molecule has 0 saturated heterocycles. The fraction of sp³-hybridized carbons (Fsp3) is 0.263. The zero-order valence-electron chi connectivity index (χ0n) is 14.0. The Morgan fingerprint density at radius 3 is 2.46 bits per heavy atom. The molecule has 0 saturated carbocycles. The van der Waals surface area contributed by atoms with E-state index in [-0.39, 0.29) is 12.4 Å². The average molecular weight is 325 g/mol. The number of carbonyl (C=O) groups is 1. The van der Waals surface area contributed by atoms with Gasteiger partial charge in [-0.15, -0.1) is 0 Å². The molecule has 0 aromatic heterocycles. The van der Waals surface area contributed by atoms with Gasteiger partial charge in [0.05, 0.1) is 25.3 Å². The van der Waals surface area contributed by atoms with Crippen molar-refractivity contribution in [2.45, 2.75) is 20.5 Å². The molecule has 2 rings (SSSR count). The van der Waals surface area contributed by atoms with Crippen molar-refractivity contribution < 1.29 is 19.0 Å². The third-order valence-electron chi connectivity index (χ3n) is 3.44. The molecule has 0 heterocycles. The molecule has 0 unspecified atom stereocenters. The van der Waals surface area contributed by atoms with Crippen molar-refractivity contribution in [2.24, 2.45) is 0 Å². The van der Waals surface area contributed by atoms with E-state index >= 15 is 0 Å². The number of rotatable bonds is 7. The van der Waals surface area contributed by atoms with Crippen LogP contribution >= 0.6 is 0 Å². The second-order valence-corrected chi connectivity index (χ2v) is 5.08. The number of carbonyl (C=O) groups excluding carboxylic acids is 1. The number of Topliss-reactive ketones (excluding diaryl/α,β-unsaturated/α-hetero) is 1. The Bertz CT molecular complexity index is 777. The van der Waals surface area contributed by atoms with Gasteiger partial charge in [0.1, 0.15) is 12.4 Å². The summed E-state index contributed by atoms with van der Waals surface area (Å²) in [6, 6.07) is 12.3. The average Bonchev–Trinajstić information content (AvgIpc) is 2.60. The Hall–Kier alpha value is -3.00. The van der Waals surface area contributed by atoms with Crippen molar-refractivity contribution in [3.05, 3.63) is 53.1 Å². The molecule has 0 aliphatic carbocycles. The van der Waals surface area contributed by atoms with Gasteiger partial charge in [-0.25, -0.2) is 0 Å². The molecule has 124 valence electrons. The summed E-state index contributed by atoms with van der Waals surface area (Å²) < 4.78 is 16.7. The molecule has 0 aliphatic heterocycles. The number of nitriles is 1. The van der Waals surface area contributed by atoms with E-state index in [1.54, 1.807) is 43.5 Å². The summed E-state index contributed by atoms with van der Waals surface area (Å²) in [4.78, 5) is 11.5. The predicted molar refractivity (Wildman–Crippen MR) is 89.7 cm³/mol. The smallest absolute Gasteiger partial charge is 0.162 e. The molecule has 2 aromatic rings. The molecule has 0 fully saturated rings. The first-order valence-corrected chi connectivity index (χ1v) is 7.56. The zero-order chi connectivity index (χ0) is 17.5. The minimum absolute atomic E-state index is 0.0210. The van der Waals surface area contributed by atoms with Gasteiger partial charge < -0.3 is 14.2 Å². The van der Waals surface area contributed by atoms with Crippen LogP contribution in [0, 0.1) is 11.3 Å². The Labute approximate surface area is 141 Å². The topological polar surface area (TPSA) is 68.5 Å². The summed E-state index contributed by atoms with van der Waals surface area (Å²) in [5, 5.41) is 8.99. The first-order chi connectivity index (χ1) is 11.6. The standard InChI is InChI=1S/C19H19NO4/c1-4-23-19-9-14(11-20)5-7-18(19)24-12-16-10-15(13(2)21)6-8-17(16)22-3/h5-10H,4,12H2,1-3H3. The second kappa shape index (κ2) is 8.02. The lowest BCUT2D eigenvalue weighted by molar-refractivity contribution is 0.101. The summed E-state index contributed by atoms with van der Waals surface area (Å²) in [6.07, 6.45) is 0. The summed E-state index contributed by atoms with van der Waals surface area (Å²) in [7, 11) is 1.57. The number of benzene rings is 2. The van der Waals surface area contributed by atoms with E-state index in [0.29, 0.717) is 35.0 Å². The van der Waals surface area contributed by atoms with Gasteiger partial charge >= 0.3 is 0 Å². The van der Waals surface area contributed by atoms with Crippen molar-refractivity contribution in [1.82, 2.24) is 0 Å². The van der Waals surface area contributed by atoms with Crippen molar-refractivity contribution in [3.8, 4) is 23.3 Å². The van der Waals surface area contributed by atoms with Gasteiger partial charge in [-0.2, -0.15) is 5.26 Å². The maximum Gasteiger partial charge on any atom is 0.162 e. The normalized spacial score (nSPS) is 9.92. The van der Waals surface area contributed by atoms with Gasteiger partial charge in [0.2, 0.25) is 0 Å². The van der Waals surface area contributed by atoms with Gasteiger partial charge in [0, 0.05) is 17.2 Å². The number of ketones is 1. The molecule has 0 radical (unpaired) electrons. The molecule has 0 bridgehead atoms. The molecular formula is C19H19NO4. The Morgan fingerprint density at radius 1 is 1.08 bits per heavy atom. The lowest BCUT2D eigenvalue weighted by Crippen LogP contribution is -2.03. The van der Waals surface area contributed by atoms with E-state index in [0.717, 1.165) is 5.56 Å². The molecule has 0 amide bonds. The number of methoxy groups -OCH3 is 1. The van der Waals surface area contributed by atoms with E-state index in [2.05, 4.69) is 6.07 Å². The summed E-state index contributed by atoms with van der Waals surface area (Å²) in [6.45, 7) is 4.06. The van der Waals surface area contributed by atoms with Gasteiger partial charge in [-0.3, -0.25) is 4.79 Å². The molecule has 0 aliphatic rings. The molecule has 0 spiro atoms. The fourth-order valence-electron chi connectivity index (χ4n) is 2.23. The minimum atomic E-state index is -0.0210. The van der Waals surface area contributed by atoms with E-state index < -0.39 is 0 Å². The van der Waals surface area contributed by atoms with E-state index in [4.69, 9.17) is 19.5 Å². The van der Waals surface area contributed by atoms with Gasteiger partial charge in [-0.05, 0) is 44.2 Å². The summed E-state index contributed by atoms with van der Waals surface area (Å²) in [5.41, 5.74) is 1.86. The van der Waals surface area contributed by atoms with Crippen molar-refractivity contribution in [1.29, 1.82) is 5.26 Å². The van der Waals surface area contributed by atoms with Crippen LogP contribution in [0.1, 0.15) is 35.3 Å². The molecule has 2 aromatic carbocycles. The fourth-order valence-corrected chi connectivity index (χ4v) is 2.23. The van der Waals surface area contributed by atoms with Gasteiger partial charge in [0.15, 0.2) is 17.3 Å². The Balaban J connectivity index is 2.26. The van der Waals surface area contributed by atoms with Crippen molar-refractivity contribution in [3.63, 3.8) is 0 Å². The predicted octanol–water partition coefficient (Wildman–Crippen LogP) is 3.75. The van der Waals surface area contributed by atoms with Crippen molar-refractivity contribution >= 4 is 5.78 Å². The largest absolute Gasteiger partial charge is 0.496 e. The van der Waals surface area contributed by atoms with Crippen LogP contribution in [0.25, 0.3) is 0 Å². The highest BCUT2D eigenvalue weighted by molar-refractivity contribution is 5.94. The number of hydrogen-bond acceptors (Lipinski definition) is 5. The number of ether oxygens (including phenoxy) is 3. The van der Waals surface area contributed by atoms with Crippen LogP contribution in [0.3, 0.4) is 0 Å². The zero-order valence-corrected chi connectivity index (χ0v) is 14.0. The van der Waals surface area contributed by atoms with E-state index in [9.17, 15) is 4.79 Å². The van der Waals surface area contributed by atoms with Crippen LogP contribution in [0.2, 0.25) is 0 Å². The Kier molecular flexibility index (Phi) is 5.80.